The first-order chi connectivity index (χ1) is 6.13. The number of fused-ring (bicyclic) bond motifs is 1. The van der Waals surface area contributed by atoms with Crippen molar-refractivity contribution in [2.75, 3.05) is 5.12 Å². The number of rotatable bonds is 0. The lowest BCUT2D eigenvalue weighted by Crippen LogP contribution is -2.21. The molecule has 13 heavy (non-hydrogen) atoms. The number of para-hydroxylation sites is 1. The van der Waals surface area contributed by atoms with Gasteiger partial charge in [0.05, 0.1) is 11.3 Å². The molecule has 0 aromatic heterocycles. The fourth-order valence-electron chi connectivity index (χ4n) is 1.41. The first-order valence-electron chi connectivity index (χ1n) is 3.77. The summed E-state index contributed by atoms with van der Waals surface area (Å²) in [4.78, 5) is 22.0. The number of nitrogens with zero attached hydrogens (tertiary/aromatic N) is 1. The van der Waals surface area contributed by atoms with Gasteiger partial charge in [-0.05, 0) is 18.6 Å². The largest absolute Gasteiger partial charge is 0.327 e. The zero-order chi connectivity index (χ0) is 9.59. The van der Waals surface area contributed by atoms with Gasteiger partial charge in [-0.2, -0.15) is 0 Å². The lowest BCUT2D eigenvalue weighted by Gasteiger charge is -2.05. The van der Waals surface area contributed by atoms with E-state index in [0.717, 1.165) is 0 Å². The van der Waals surface area contributed by atoms with E-state index < -0.39 is 11.7 Å². The lowest BCUT2D eigenvalue weighted by molar-refractivity contribution is -0.116. The summed E-state index contributed by atoms with van der Waals surface area (Å²) in [7, 11) is 0. The molecule has 0 atom stereocenters. The zero-order valence-electron chi connectivity index (χ0n) is 6.87. The van der Waals surface area contributed by atoms with Gasteiger partial charge in [0.2, 0.25) is 0 Å². The van der Waals surface area contributed by atoms with Gasteiger partial charge in [0.1, 0.15) is 0 Å². The van der Waals surface area contributed by atoms with Crippen LogP contribution >= 0.6 is 0 Å². The Kier molecular flexibility index (Phi) is 1.45. The normalized spacial score (nSPS) is 15.1. The van der Waals surface area contributed by atoms with Gasteiger partial charge in [-0.3, -0.25) is 9.59 Å². The maximum Gasteiger partial charge on any atom is 0.327 e. The van der Waals surface area contributed by atoms with Gasteiger partial charge in [0.25, 0.3) is 5.78 Å². The molecule has 0 unspecified atom stereocenters. The van der Waals surface area contributed by atoms with Gasteiger partial charge in [-0.1, -0.05) is 16.6 Å². The Labute approximate surface area is 73.7 Å². The van der Waals surface area contributed by atoms with Crippen molar-refractivity contribution >= 4 is 17.4 Å². The molecule has 2 rings (SSSR count). The predicted octanol–water partition coefficient (Wildman–Crippen LogP) is 1.41. The number of carbonyl (C=O) groups excluding carboxylic acids is 2. The Morgan fingerprint density at radius 2 is 2.00 bits per heavy atom. The maximum absolute atomic E-state index is 13.1. The quantitative estimate of drug-likeness (QED) is 0.446. The van der Waals surface area contributed by atoms with Crippen LogP contribution in [-0.2, 0) is 4.79 Å². The van der Waals surface area contributed by atoms with E-state index in [1.165, 1.54) is 6.07 Å². The number of halogens is 1. The zero-order valence-corrected chi connectivity index (χ0v) is 6.87. The minimum absolute atomic E-state index is 0.0810. The molecule has 3 nitrogen and oxygen atoms in total. The second kappa shape index (κ2) is 2.39. The molecule has 0 N–H and O–H groups in total. The van der Waals surface area contributed by atoms with Crippen molar-refractivity contribution in [1.29, 1.82) is 0 Å². The lowest BCUT2D eigenvalue weighted by atomic mass is 10.1. The number of carbonyl (C=O) groups is 2. The number of hydrogen-bond donors (Lipinski definition) is 0. The molecule has 0 saturated carbocycles. The van der Waals surface area contributed by atoms with E-state index in [4.69, 9.17) is 0 Å². The molecule has 0 fully saturated rings. The van der Waals surface area contributed by atoms with E-state index >= 15 is 0 Å². The molecule has 1 aliphatic heterocycles. The molecule has 66 valence electrons. The molecule has 1 amide bonds. The smallest absolute Gasteiger partial charge is 0.283 e. The fraction of sp³-hybridized carbons (Fsp3) is 0.111. The van der Waals surface area contributed by atoms with Crippen LogP contribution in [-0.4, -0.2) is 11.7 Å². The maximum atomic E-state index is 13.1. The second-order valence-corrected chi connectivity index (χ2v) is 2.89. The Hall–Kier alpha value is -1.71. The summed E-state index contributed by atoms with van der Waals surface area (Å²) in [6, 6.07) is 4.72. The van der Waals surface area contributed by atoms with E-state index in [-0.39, 0.29) is 16.4 Å². The highest BCUT2D eigenvalue weighted by atomic mass is 19.2. The fourth-order valence-corrected chi connectivity index (χ4v) is 1.41. The van der Waals surface area contributed by atoms with E-state index in [0.29, 0.717) is 5.56 Å². The Morgan fingerprint density at radius 3 is 2.62 bits per heavy atom. The van der Waals surface area contributed by atoms with E-state index in [1.54, 1.807) is 19.1 Å². The second-order valence-electron chi connectivity index (χ2n) is 2.89. The van der Waals surface area contributed by atoms with Crippen LogP contribution < -0.4 is 5.12 Å². The molecule has 0 bridgehead atoms. The van der Waals surface area contributed by atoms with E-state index in [9.17, 15) is 14.1 Å². The van der Waals surface area contributed by atoms with Crippen LogP contribution in [0.1, 0.15) is 15.9 Å². The summed E-state index contributed by atoms with van der Waals surface area (Å²) in [6.07, 6.45) is 0. The number of anilines is 1. The number of hydrogen-bond acceptors (Lipinski definition) is 2. The highest BCUT2D eigenvalue weighted by molar-refractivity contribution is 6.51. The molecule has 1 heterocycles. The third kappa shape index (κ3) is 0.884. The molecular weight excluding hydrogens is 173 g/mol. The monoisotopic (exact) mass is 179 g/mol. The third-order valence-corrected chi connectivity index (χ3v) is 2.05. The number of amides is 1. The van der Waals surface area contributed by atoms with Gasteiger partial charge in [-0.15, -0.1) is 5.12 Å². The first kappa shape index (κ1) is 7.91. The van der Waals surface area contributed by atoms with Gasteiger partial charge in [0, 0.05) is 0 Å². The van der Waals surface area contributed by atoms with E-state index in [2.05, 4.69) is 0 Å². The SMILES string of the molecule is Cc1cccc2c1N(F)C(=O)C2=O. The van der Waals surface area contributed by atoms with Crippen LogP contribution in [0.4, 0.5) is 10.2 Å². The van der Waals surface area contributed by atoms with Crippen molar-refractivity contribution in [3.05, 3.63) is 29.3 Å². The highest BCUT2D eigenvalue weighted by Gasteiger charge is 2.37. The molecule has 0 aliphatic carbocycles. The minimum atomic E-state index is -1.11. The summed E-state index contributed by atoms with van der Waals surface area (Å²) in [5.41, 5.74) is 0.809. The summed E-state index contributed by atoms with van der Waals surface area (Å²) in [6.45, 7) is 1.65. The van der Waals surface area contributed by atoms with Crippen LogP contribution in [0.2, 0.25) is 0 Å². The Balaban J connectivity index is 2.73. The summed E-state index contributed by atoms with van der Waals surface area (Å²) >= 11 is 0. The number of ketones is 1. The number of benzene rings is 1. The Bertz CT molecular complexity index is 414. The molecule has 0 saturated heterocycles. The van der Waals surface area contributed by atoms with Crippen molar-refractivity contribution < 1.29 is 14.1 Å². The Morgan fingerprint density at radius 1 is 1.31 bits per heavy atom. The molecular formula is C9H6FNO2. The van der Waals surface area contributed by atoms with Gasteiger partial charge < -0.3 is 0 Å². The van der Waals surface area contributed by atoms with Crippen molar-refractivity contribution in [3.8, 4) is 0 Å². The molecule has 1 aliphatic rings. The third-order valence-electron chi connectivity index (χ3n) is 2.05. The predicted molar refractivity (Wildman–Crippen MR) is 44.1 cm³/mol. The number of Topliss-reactive ketones (excluding diaryl/α,β-unsaturated/α-hetero) is 1. The summed E-state index contributed by atoms with van der Waals surface area (Å²) in [5.74, 6) is -1.88. The van der Waals surface area contributed by atoms with Gasteiger partial charge >= 0.3 is 5.91 Å². The van der Waals surface area contributed by atoms with Crippen molar-refractivity contribution in [3.63, 3.8) is 0 Å². The molecule has 1 aromatic rings. The molecule has 0 radical (unpaired) electrons. The van der Waals surface area contributed by atoms with Crippen LogP contribution in [0.15, 0.2) is 18.2 Å². The van der Waals surface area contributed by atoms with Crippen LogP contribution in [0.5, 0.6) is 0 Å². The average molecular weight is 179 g/mol. The highest BCUT2D eigenvalue weighted by Crippen LogP contribution is 2.31. The van der Waals surface area contributed by atoms with E-state index in [1.807, 2.05) is 0 Å². The molecule has 4 heteroatoms. The van der Waals surface area contributed by atoms with Crippen molar-refractivity contribution in [2.24, 2.45) is 0 Å². The van der Waals surface area contributed by atoms with Crippen LogP contribution in [0.3, 0.4) is 0 Å². The minimum Gasteiger partial charge on any atom is -0.283 e. The average Bonchev–Trinajstić information content (AvgIpc) is 2.33. The molecule has 0 spiro atoms. The summed E-state index contributed by atoms with van der Waals surface area (Å²) < 4.78 is 13.1. The van der Waals surface area contributed by atoms with Crippen molar-refractivity contribution in [2.45, 2.75) is 6.92 Å². The first-order valence-corrected chi connectivity index (χ1v) is 3.77. The van der Waals surface area contributed by atoms with Gasteiger partial charge in [-0.25, -0.2) is 0 Å². The summed E-state index contributed by atoms with van der Waals surface area (Å²) in [5, 5.41) is -0.0903. The van der Waals surface area contributed by atoms with Crippen molar-refractivity contribution in [1.82, 2.24) is 0 Å². The van der Waals surface area contributed by atoms with Crippen LogP contribution in [0.25, 0.3) is 0 Å². The van der Waals surface area contributed by atoms with Gasteiger partial charge in [0.15, 0.2) is 0 Å². The standard InChI is InChI=1S/C9H6FNO2/c1-5-3-2-4-6-7(5)11(10)9(13)8(6)12/h2-4H,1H3. The topological polar surface area (TPSA) is 37.4 Å². The van der Waals surface area contributed by atoms with Crippen LogP contribution in [0, 0.1) is 6.92 Å². The molecule has 1 aromatic carbocycles. The number of aryl methyl sites for hydroxylation is 1.